The van der Waals surface area contributed by atoms with Crippen LogP contribution in [0.5, 0.6) is 0 Å². The lowest BCUT2D eigenvalue weighted by atomic mass is 10.3. The van der Waals surface area contributed by atoms with Crippen molar-refractivity contribution in [2.24, 2.45) is 0 Å². The summed E-state index contributed by atoms with van der Waals surface area (Å²) < 4.78 is 1.04. The molecule has 0 atom stereocenters. The summed E-state index contributed by atoms with van der Waals surface area (Å²) >= 11 is 3.39. The first-order chi connectivity index (χ1) is 7.65. The third kappa shape index (κ3) is 2.49. The molecular formula is C11H11BrN4. The minimum absolute atomic E-state index is 0.291. The van der Waals surface area contributed by atoms with Crippen LogP contribution in [0.1, 0.15) is 5.69 Å². The van der Waals surface area contributed by atoms with Gasteiger partial charge in [0, 0.05) is 10.2 Å². The van der Waals surface area contributed by atoms with E-state index in [0.717, 1.165) is 21.5 Å². The SMILES string of the molecule is Cc1nc(N)ncc1Nc1ccc(Br)cc1. The molecular weight excluding hydrogens is 268 g/mol. The summed E-state index contributed by atoms with van der Waals surface area (Å²) in [4.78, 5) is 8.03. The van der Waals surface area contributed by atoms with Crippen LogP contribution >= 0.6 is 15.9 Å². The van der Waals surface area contributed by atoms with Crippen molar-refractivity contribution in [3.05, 3.63) is 40.6 Å². The summed E-state index contributed by atoms with van der Waals surface area (Å²) in [5.41, 5.74) is 8.16. The van der Waals surface area contributed by atoms with E-state index >= 15 is 0 Å². The van der Waals surface area contributed by atoms with Crippen LogP contribution in [-0.4, -0.2) is 9.97 Å². The summed E-state index contributed by atoms with van der Waals surface area (Å²) in [6.45, 7) is 1.89. The Morgan fingerprint density at radius 1 is 1.25 bits per heavy atom. The first-order valence-corrected chi connectivity index (χ1v) is 5.56. The van der Waals surface area contributed by atoms with Gasteiger partial charge in [0.05, 0.1) is 17.6 Å². The number of nitrogen functional groups attached to an aromatic ring is 1. The van der Waals surface area contributed by atoms with Gasteiger partial charge in [-0.15, -0.1) is 0 Å². The zero-order valence-corrected chi connectivity index (χ0v) is 10.3. The number of hydrogen-bond acceptors (Lipinski definition) is 4. The van der Waals surface area contributed by atoms with E-state index in [9.17, 15) is 0 Å². The van der Waals surface area contributed by atoms with Gasteiger partial charge < -0.3 is 11.1 Å². The van der Waals surface area contributed by atoms with Crippen LogP contribution in [0.3, 0.4) is 0 Å². The molecule has 0 aliphatic carbocycles. The number of aromatic nitrogens is 2. The predicted octanol–water partition coefficient (Wildman–Crippen LogP) is 2.87. The second-order valence-electron chi connectivity index (χ2n) is 3.36. The summed E-state index contributed by atoms with van der Waals surface area (Å²) in [5.74, 6) is 0.291. The first-order valence-electron chi connectivity index (χ1n) is 4.77. The van der Waals surface area contributed by atoms with Crippen molar-refractivity contribution in [3.8, 4) is 0 Å². The summed E-state index contributed by atoms with van der Waals surface area (Å²) in [6.07, 6.45) is 1.68. The molecule has 2 aromatic rings. The highest BCUT2D eigenvalue weighted by Gasteiger charge is 2.01. The van der Waals surface area contributed by atoms with E-state index in [2.05, 4.69) is 31.2 Å². The molecule has 5 heteroatoms. The van der Waals surface area contributed by atoms with Crippen molar-refractivity contribution in [1.82, 2.24) is 9.97 Å². The van der Waals surface area contributed by atoms with Gasteiger partial charge in [0.15, 0.2) is 0 Å². The first kappa shape index (κ1) is 10.9. The third-order valence-corrected chi connectivity index (χ3v) is 2.65. The van der Waals surface area contributed by atoms with Gasteiger partial charge in [-0.2, -0.15) is 0 Å². The van der Waals surface area contributed by atoms with Crippen molar-refractivity contribution in [1.29, 1.82) is 0 Å². The summed E-state index contributed by atoms with van der Waals surface area (Å²) in [7, 11) is 0. The third-order valence-electron chi connectivity index (χ3n) is 2.12. The Balaban J connectivity index is 2.23. The van der Waals surface area contributed by atoms with Gasteiger partial charge in [0.2, 0.25) is 5.95 Å². The maximum atomic E-state index is 5.48. The highest BCUT2D eigenvalue weighted by molar-refractivity contribution is 9.10. The number of rotatable bonds is 2. The molecule has 16 heavy (non-hydrogen) atoms. The number of hydrogen-bond donors (Lipinski definition) is 2. The fraction of sp³-hybridized carbons (Fsp3) is 0.0909. The molecule has 2 rings (SSSR count). The minimum atomic E-state index is 0.291. The van der Waals surface area contributed by atoms with E-state index in [0.29, 0.717) is 5.95 Å². The van der Waals surface area contributed by atoms with Crippen LogP contribution in [0.25, 0.3) is 0 Å². The molecule has 0 amide bonds. The van der Waals surface area contributed by atoms with Gasteiger partial charge in [-0.05, 0) is 31.2 Å². The molecule has 0 unspecified atom stereocenters. The normalized spacial score (nSPS) is 10.1. The van der Waals surface area contributed by atoms with E-state index in [4.69, 9.17) is 5.73 Å². The Bertz CT molecular complexity index is 496. The number of nitrogens with one attached hydrogen (secondary N) is 1. The van der Waals surface area contributed by atoms with Gasteiger partial charge in [-0.25, -0.2) is 9.97 Å². The van der Waals surface area contributed by atoms with Gasteiger partial charge in [-0.1, -0.05) is 15.9 Å². The van der Waals surface area contributed by atoms with E-state index in [1.807, 2.05) is 31.2 Å². The molecule has 0 saturated heterocycles. The van der Waals surface area contributed by atoms with Gasteiger partial charge in [-0.3, -0.25) is 0 Å². The summed E-state index contributed by atoms with van der Waals surface area (Å²) in [6, 6.07) is 7.88. The Hall–Kier alpha value is -1.62. The van der Waals surface area contributed by atoms with E-state index in [1.165, 1.54) is 0 Å². The lowest BCUT2D eigenvalue weighted by Gasteiger charge is -2.08. The average molecular weight is 279 g/mol. The zero-order valence-electron chi connectivity index (χ0n) is 8.74. The fourth-order valence-electron chi connectivity index (χ4n) is 1.30. The molecule has 1 aromatic heterocycles. The molecule has 0 spiro atoms. The molecule has 4 nitrogen and oxygen atoms in total. The molecule has 1 heterocycles. The van der Waals surface area contributed by atoms with Crippen LogP contribution < -0.4 is 11.1 Å². The molecule has 0 aliphatic heterocycles. The van der Waals surface area contributed by atoms with Crippen molar-refractivity contribution in [2.45, 2.75) is 6.92 Å². The predicted molar refractivity (Wildman–Crippen MR) is 68.6 cm³/mol. The van der Waals surface area contributed by atoms with Crippen LogP contribution in [0.4, 0.5) is 17.3 Å². The van der Waals surface area contributed by atoms with Gasteiger partial charge >= 0.3 is 0 Å². The largest absolute Gasteiger partial charge is 0.368 e. The number of nitrogens with two attached hydrogens (primary N) is 1. The Morgan fingerprint density at radius 3 is 2.56 bits per heavy atom. The van der Waals surface area contributed by atoms with Gasteiger partial charge in [0.1, 0.15) is 0 Å². The molecule has 1 aromatic carbocycles. The molecule has 82 valence electrons. The number of aryl methyl sites for hydroxylation is 1. The van der Waals surface area contributed by atoms with Crippen LogP contribution in [0.2, 0.25) is 0 Å². The molecule has 0 bridgehead atoms. The van der Waals surface area contributed by atoms with Crippen molar-refractivity contribution < 1.29 is 0 Å². The highest BCUT2D eigenvalue weighted by Crippen LogP contribution is 2.20. The maximum absolute atomic E-state index is 5.48. The number of anilines is 3. The minimum Gasteiger partial charge on any atom is -0.368 e. The molecule has 0 saturated carbocycles. The monoisotopic (exact) mass is 278 g/mol. The molecule has 0 aliphatic rings. The van der Waals surface area contributed by atoms with Crippen molar-refractivity contribution in [3.63, 3.8) is 0 Å². The standard InChI is InChI=1S/C11H11BrN4/c1-7-10(6-14-11(13)15-7)16-9-4-2-8(12)3-5-9/h2-6,16H,1H3,(H2,13,14,15). The molecule has 3 N–H and O–H groups in total. The number of halogens is 1. The zero-order chi connectivity index (χ0) is 11.5. The second kappa shape index (κ2) is 4.49. The fourth-order valence-corrected chi connectivity index (χ4v) is 1.56. The lowest BCUT2D eigenvalue weighted by molar-refractivity contribution is 1.12. The Morgan fingerprint density at radius 2 is 1.94 bits per heavy atom. The smallest absolute Gasteiger partial charge is 0.220 e. The quantitative estimate of drug-likeness (QED) is 0.887. The van der Waals surface area contributed by atoms with Crippen molar-refractivity contribution in [2.75, 3.05) is 11.1 Å². The lowest BCUT2D eigenvalue weighted by Crippen LogP contribution is -2.00. The number of nitrogens with zero attached hydrogens (tertiary/aromatic N) is 2. The Kier molecular flexibility index (Phi) is 3.05. The Labute approximate surface area is 102 Å². The topological polar surface area (TPSA) is 63.8 Å². The average Bonchev–Trinajstić information content (AvgIpc) is 2.25. The van der Waals surface area contributed by atoms with E-state index < -0.39 is 0 Å². The van der Waals surface area contributed by atoms with Gasteiger partial charge in [0.25, 0.3) is 0 Å². The summed E-state index contributed by atoms with van der Waals surface area (Å²) in [5, 5.41) is 3.23. The second-order valence-corrected chi connectivity index (χ2v) is 4.27. The maximum Gasteiger partial charge on any atom is 0.220 e. The van der Waals surface area contributed by atoms with Crippen molar-refractivity contribution >= 4 is 33.3 Å². The van der Waals surface area contributed by atoms with Crippen LogP contribution in [0.15, 0.2) is 34.9 Å². The van der Waals surface area contributed by atoms with E-state index in [-0.39, 0.29) is 0 Å². The number of benzene rings is 1. The van der Waals surface area contributed by atoms with E-state index in [1.54, 1.807) is 6.20 Å². The van der Waals surface area contributed by atoms with Crippen LogP contribution in [-0.2, 0) is 0 Å². The molecule has 0 fully saturated rings. The van der Waals surface area contributed by atoms with Crippen LogP contribution in [0, 0.1) is 6.92 Å². The molecule has 0 radical (unpaired) electrons. The highest BCUT2D eigenvalue weighted by atomic mass is 79.9.